The van der Waals surface area contributed by atoms with Crippen molar-refractivity contribution in [1.82, 2.24) is 0 Å². The fourth-order valence-electron chi connectivity index (χ4n) is 3.31. The predicted octanol–water partition coefficient (Wildman–Crippen LogP) is 3.54. The van der Waals surface area contributed by atoms with Crippen LogP contribution in [0.2, 0.25) is 0 Å². The Morgan fingerprint density at radius 1 is 1.32 bits per heavy atom. The summed E-state index contributed by atoms with van der Waals surface area (Å²) in [4.78, 5) is 12.0. The van der Waals surface area contributed by atoms with Crippen molar-refractivity contribution in [3.63, 3.8) is 0 Å². The molecule has 1 amide bonds. The van der Waals surface area contributed by atoms with E-state index in [2.05, 4.69) is 35.1 Å². The van der Waals surface area contributed by atoms with Crippen LogP contribution in [-0.2, 0) is 4.79 Å². The highest BCUT2D eigenvalue weighted by Gasteiger charge is 2.43. The van der Waals surface area contributed by atoms with Crippen LogP contribution in [0.1, 0.15) is 33.1 Å². The quantitative estimate of drug-likeness (QED) is 0.893. The van der Waals surface area contributed by atoms with Gasteiger partial charge in [-0.2, -0.15) is 0 Å². The number of hydrogen-bond acceptors (Lipinski definition) is 2. The zero-order valence-corrected chi connectivity index (χ0v) is 13.0. The molecule has 0 spiro atoms. The van der Waals surface area contributed by atoms with Crippen LogP contribution < -0.4 is 11.1 Å². The van der Waals surface area contributed by atoms with Crippen molar-refractivity contribution in [3.8, 4) is 0 Å². The van der Waals surface area contributed by atoms with Gasteiger partial charge in [0.15, 0.2) is 0 Å². The maximum Gasteiger partial charge on any atom is 0.243 e. The van der Waals surface area contributed by atoms with E-state index in [0.717, 1.165) is 29.4 Å². The van der Waals surface area contributed by atoms with E-state index in [0.29, 0.717) is 11.8 Å². The molecule has 0 heterocycles. The summed E-state index contributed by atoms with van der Waals surface area (Å²) in [6.45, 7) is 4.38. The van der Waals surface area contributed by atoms with Crippen LogP contribution in [0.15, 0.2) is 28.7 Å². The third kappa shape index (κ3) is 3.11. The number of nitrogens with two attached hydrogens (primary N) is 1. The lowest BCUT2D eigenvalue weighted by molar-refractivity contribution is -0.124. The lowest BCUT2D eigenvalue weighted by Crippen LogP contribution is -2.54. The smallest absolute Gasteiger partial charge is 0.243 e. The normalized spacial score (nSPS) is 30.9. The van der Waals surface area contributed by atoms with Crippen LogP contribution in [0.3, 0.4) is 0 Å². The standard InChI is InChI=1S/C15H21BrN2O/c1-10-7-11(2)9-15(8-10,14(17)19)18-13-6-4-3-5-12(13)16/h3-6,10-11,18H,7-9H2,1-2H3,(H2,17,19). The average Bonchev–Trinajstić information content (AvgIpc) is 2.30. The summed E-state index contributed by atoms with van der Waals surface area (Å²) in [5.41, 5.74) is 6.02. The molecule has 0 bridgehead atoms. The van der Waals surface area contributed by atoms with Gasteiger partial charge < -0.3 is 11.1 Å². The number of benzene rings is 1. The number of carbonyl (C=O) groups is 1. The molecule has 1 fully saturated rings. The van der Waals surface area contributed by atoms with E-state index in [4.69, 9.17) is 5.73 Å². The third-order valence-electron chi connectivity index (χ3n) is 3.92. The molecule has 1 aliphatic rings. The second kappa shape index (κ2) is 5.53. The lowest BCUT2D eigenvalue weighted by atomic mass is 9.71. The van der Waals surface area contributed by atoms with Gasteiger partial charge >= 0.3 is 0 Å². The molecule has 2 rings (SSSR count). The Morgan fingerprint density at radius 3 is 2.42 bits per heavy atom. The minimum absolute atomic E-state index is 0.248. The number of para-hydroxylation sites is 1. The SMILES string of the molecule is CC1CC(C)CC(Nc2ccccc2Br)(C(N)=O)C1. The van der Waals surface area contributed by atoms with Gasteiger partial charge in [0.2, 0.25) is 5.91 Å². The molecule has 3 N–H and O–H groups in total. The van der Waals surface area contributed by atoms with Crippen molar-refractivity contribution >= 4 is 27.5 Å². The molecule has 1 aromatic rings. The van der Waals surface area contributed by atoms with Gasteiger partial charge in [-0.25, -0.2) is 0 Å². The van der Waals surface area contributed by atoms with Crippen molar-refractivity contribution in [2.45, 2.75) is 38.6 Å². The highest BCUT2D eigenvalue weighted by molar-refractivity contribution is 9.10. The maximum absolute atomic E-state index is 12.0. The number of anilines is 1. The molecule has 1 aromatic carbocycles. The molecule has 0 aliphatic heterocycles. The minimum atomic E-state index is -0.624. The second-order valence-electron chi connectivity index (χ2n) is 5.91. The maximum atomic E-state index is 12.0. The summed E-state index contributed by atoms with van der Waals surface area (Å²) in [5, 5.41) is 3.40. The van der Waals surface area contributed by atoms with Crippen LogP contribution in [0.5, 0.6) is 0 Å². The number of amides is 1. The fourth-order valence-corrected chi connectivity index (χ4v) is 3.70. The topological polar surface area (TPSA) is 55.1 Å². The molecule has 4 heteroatoms. The van der Waals surface area contributed by atoms with Crippen LogP contribution in [-0.4, -0.2) is 11.4 Å². The lowest BCUT2D eigenvalue weighted by Gasteiger charge is -2.42. The molecule has 19 heavy (non-hydrogen) atoms. The average molecular weight is 325 g/mol. The van der Waals surface area contributed by atoms with Gasteiger partial charge in [0.05, 0.1) is 0 Å². The van der Waals surface area contributed by atoms with Crippen molar-refractivity contribution in [2.24, 2.45) is 17.6 Å². The number of carbonyl (C=O) groups excluding carboxylic acids is 1. The van der Waals surface area contributed by atoms with Crippen LogP contribution in [0.25, 0.3) is 0 Å². The van der Waals surface area contributed by atoms with E-state index >= 15 is 0 Å². The van der Waals surface area contributed by atoms with Crippen LogP contribution >= 0.6 is 15.9 Å². The fraction of sp³-hybridized carbons (Fsp3) is 0.533. The first-order valence-electron chi connectivity index (χ1n) is 6.75. The van der Waals surface area contributed by atoms with Crippen LogP contribution in [0.4, 0.5) is 5.69 Å². The Hall–Kier alpha value is -1.03. The molecule has 2 atom stereocenters. The van der Waals surface area contributed by atoms with Gasteiger partial charge in [-0.3, -0.25) is 4.79 Å². The summed E-state index contributed by atoms with van der Waals surface area (Å²) >= 11 is 3.51. The minimum Gasteiger partial charge on any atom is -0.370 e. The van der Waals surface area contributed by atoms with E-state index in [1.807, 2.05) is 24.3 Å². The highest BCUT2D eigenvalue weighted by atomic mass is 79.9. The summed E-state index contributed by atoms with van der Waals surface area (Å²) in [6, 6.07) is 7.85. The largest absolute Gasteiger partial charge is 0.370 e. The zero-order valence-electron chi connectivity index (χ0n) is 11.4. The second-order valence-corrected chi connectivity index (χ2v) is 6.76. The Bertz CT molecular complexity index is 465. The number of rotatable bonds is 3. The van der Waals surface area contributed by atoms with Gasteiger partial charge in [0, 0.05) is 10.2 Å². The number of nitrogens with one attached hydrogen (secondary N) is 1. The molecule has 0 saturated heterocycles. The molecule has 1 saturated carbocycles. The third-order valence-corrected chi connectivity index (χ3v) is 4.61. The molecule has 104 valence electrons. The van der Waals surface area contributed by atoms with Gasteiger partial charge in [0.25, 0.3) is 0 Å². The molecule has 1 aliphatic carbocycles. The van der Waals surface area contributed by atoms with Crippen molar-refractivity contribution in [1.29, 1.82) is 0 Å². The molecular weight excluding hydrogens is 304 g/mol. The molecular formula is C15H21BrN2O. The van der Waals surface area contributed by atoms with E-state index < -0.39 is 5.54 Å². The van der Waals surface area contributed by atoms with E-state index in [9.17, 15) is 4.79 Å². The number of hydrogen-bond donors (Lipinski definition) is 2. The molecule has 3 nitrogen and oxygen atoms in total. The monoisotopic (exact) mass is 324 g/mol. The Morgan fingerprint density at radius 2 is 1.89 bits per heavy atom. The Kier molecular flexibility index (Phi) is 4.19. The van der Waals surface area contributed by atoms with Gasteiger partial charge in [-0.15, -0.1) is 0 Å². The van der Waals surface area contributed by atoms with Crippen LogP contribution in [0, 0.1) is 11.8 Å². The number of halogens is 1. The first-order chi connectivity index (χ1) is 8.93. The zero-order chi connectivity index (χ0) is 14.0. The summed E-state index contributed by atoms with van der Waals surface area (Å²) in [7, 11) is 0. The van der Waals surface area contributed by atoms with E-state index in [1.165, 1.54) is 0 Å². The van der Waals surface area contributed by atoms with E-state index in [-0.39, 0.29) is 5.91 Å². The van der Waals surface area contributed by atoms with Crippen molar-refractivity contribution in [3.05, 3.63) is 28.7 Å². The van der Waals surface area contributed by atoms with Gasteiger partial charge in [-0.05, 0) is 59.2 Å². The van der Waals surface area contributed by atoms with Crippen molar-refractivity contribution in [2.75, 3.05) is 5.32 Å². The first kappa shape index (κ1) is 14.4. The van der Waals surface area contributed by atoms with Crippen molar-refractivity contribution < 1.29 is 4.79 Å². The number of primary amides is 1. The predicted molar refractivity (Wildman–Crippen MR) is 81.9 cm³/mol. The Balaban J connectivity index is 2.30. The molecule has 2 unspecified atom stereocenters. The van der Waals surface area contributed by atoms with Gasteiger partial charge in [-0.1, -0.05) is 26.0 Å². The first-order valence-corrected chi connectivity index (χ1v) is 7.55. The molecule has 0 radical (unpaired) electrons. The molecule has 0 aromatic heterocycles. The Labute approximate surface area is 123 Å². The summed E-state index contributed by atoms with van der Waals surface area (Å²) < 4.78 is 0.960. The highest BCUT2D eigenvalue weighted by Crippen LogP contribution is 2.39. The summed E-state index contributed by atoms with van der Waals surface area (Å²) in [5.74, 6) is 0.763. The van der Waals surface area contributed by atoms with Gasteiger partial charge in [0.1, 0.15) is 5.54 Å². The summed E-state index contributed by atoms with van der Waals surface area (Å²) in [6.07, 6.45) is 2.76. The van der Waals surface area contributed by atoms with E-state index in [1.54, 1.807) is 0 Å².